The molecule has 0 radical (unpaired) electrons. The van der Waals surface area contributed by atoms with E-state index in [0.717, 1.165) is 15.8 Å². The highest BCUT2D eigenvalue weighted by molar-refractivity contribution is 9.10. The van der Waals surface area contributed by atoms with Crippen molar-refractivity contribution in [3.8, 4) is 0 Å². The molecule has 0 aliphatic rings. The zero-order valence-electron chi connectivity index (χ0n) is 14.6. The summed E-state index contributed by atoms with van der Waals surface area (Å²) in [4.78, 5) is 35.3. The molecule has 3 rings (SSSR count). The van der Waals surface area contributed by atoms with Gasteiger partial charge in [-0.3, -0.25) is 14.2 Å². The van der Waals surface area contributed by atoms with Gasteiger partial charge in [0.1, 0.15) is 5.15 Å². The van der Waals surface area contributed by atoms with E-state index in [1.807, 2.05) is 0 Å². The van der Waals surface area contributed by atoms with Crippen LogP contribution in [0.25, 0.3) is 0 Å². The Morgan fingerprint density at radius 3 is 2.66 bits per heavy atom. The summed E-state index contributed by atoms with van der Waals surface area (Å²) in [7, 11) is 0. The molecule has 1 heterocycles. The second-order valence-corrected chi connectivity index (χ2v) is 8.07. The van der Waals surface area contributed by atoms with E-state index in [1.165, 1.54) is 22.9 Å². The summed E-state index contributed by atoms with van der Waals surface area (Å²) >= 11 is 10.4. The number of hydrazone groups is 1. The maximum Gasteiger partial charge on any atom is 0.309 e. The van der Waals surface area contributed by atoms with Gasteiger partial charge in [0.15, 0.2) is 0 Å². The number of aromatic nitrogens is 1. The van der Waals surface area contributed by atoms with Crippen molar-refractivity contribution in [3.63, 3.8) is 0 Å². The van der Waals surface area contributed by atoms with Gasteiger partial charge in [0.2, 0.25) is 0 Å². The van der Waals surface area contributed by atoms with Crippen LogP contribution in [0, 0.1) is 0 Å². The first-order valence-corrected chi connectivity index (χ1v) is 10.1. The Hall–Kier alpha value is -2.75. The summed E-state index contributed by atoms with van der Waals surface area (Å²) in [5.41, 5.74) is 3.39. The number of carboxylic acids is 1. The first kappa shape index (κ1) is 21.0. The largest absolute Gasteiger partial charge is 0.545 e. The normalized spacial score (nSPS) is 11.0. The Morgan fingerprint density at radius 2 is 1.93 bits per heavy atom. The smallest absolute Gasteiger partial charge is 0.309 e. The minimum atomic E-state index is -1.30. The number of nitrogens with zero attached hydrogens (tertiary/aromatic N) is 2. The highest BCUT2D eigenvalue weighted by atomic mass is 79.9. The van der Waals surface area contributed by atoms with E-state index in [4.69, 9.17) is 11.6 Å². The molecular weight excluding hydrogens is 482 g/mol. The van der Waals surface area contributed by atoms with Crippen LogP contribution in [0.3, 0.4) is 0 Å². The molecule has 0 spiro atoms. The standard InChI is InChI=1S/C19H13BrClN3O4S/c20-14-6-2-4-12(8-14)17(25)23-22-9-15-16(21)24(19(28)29-15)10-11-3-1-5-13(7-11)18(26)27/h1-9H,10H2,(H,23,25)(H,26,27)/p-1/b22-9-. The molecule has 0 saturated carbocycles. The van der Waals surface area contributed by atoms with Gasteiger partial charge >= 0.3 is 4.87 Å². The van der Waals surface area contributed by atoms with E-state index in [9.17, 15) is 19.5 Å². The molecule has 0 bridgehead atoms. The number of aromatic carboxylic acids is 1. The Kier molecular flexibility index (Phi) is 6.63. The maximum atomic E-state index is 12.3. The highest BCUT2D eigenvalue weighted by Gasteiger charge is 2.13. The third-order valence-corrected chi connectivity index (χ3v) is 5.72. The Balaban J connectivity index is 1.74. The van der Waals surface area contributed by atoms with Crippen LogP contribution in [0.15, 0.2) is 62.9 Å². The van der Waals surface area contributed by atoms with Gasteiger partial charge in [-0.05, 0) is 35.4 Å². The lowest BCUT2D eigenvalue weighted by Crippen LogP contribution is -2.22. The van der Waals surface area contributed by atoms with Crippen LogP contribution in [0.4, 0.5) is 0 Å². The van der Waals surface area contributed by atoms with Crippen molar-refractivity contribution in [2.24, 2.45) is 5.10 Å². The van der Waals surface area contributed by atoms with Crippen molar-refractivity contribution in [1.29, 1.82) is 0 Å². The lowest BCUT2D eigenvalue weighted by Gasteiger charge is -2.07. The van der Waals surface area contributed by atoms with Crippen molar-refractivity contribution >= 4 is 57.0 Å². The molecule has 0 unspecified atom stereocenters. The number of carboxylic acid groups (broad SMARTS) is 1. The van der Waals surface area contributed by atoms with Crippen molar-refractivity contribution in [2.75, 3.05) is 0 Å². The SMILES string of the molecule is O=C([O-])c1cccc(Cn2c(Cl)c(/C=N\NC(=O)c3cccc(Br)c3)sc2=O)c1. The molecule has 2 aromatic carbocycles. The second kappa shape index (κ2) is 9.17. The fourth-order valence-electron chi connectivity index (χ4n) is 2.44. The zero-order chi connectivity index (χ0) is 21.0. The van der Waals surface area contributed by atoms with Crippen LogP contribution in [0.5, 0.6) is 0 Å². The predicted molar refractivity (Wildman–Crippen MR) is 113 cm³/mol. The molecule has 10 heteroatoms. The van der Waals surface area contributed by atoms with Gasteiger partial charge in [-0.25, -0.2) is 5.43 Å². The van der Waals surface area contributed by atoms with E-state index in [1.54, 1.807) is 36.4 Å². The number of benzene rings is 2. The number of thiazole rings is 1. The Morgan fingerprint density at radius 1 is 1.21 bits per heavy atom. The molecule has 0 aliphatic heterocycles. The van der Waals surface area contributed by atoms with Gasteiger partial charge < -0.3 is 9.90 Å². The molecule has 7 nitrogen and oxygen atoms in total. The summed E-state index contributed by atoms with van der Waals surface area (Å²) in [6.07, 6.45) is 1.29. The molecule has 3 aromatic rings. The Labute approximate surface area is 182 Å². The first-order chi connectivity index (χ1) is 13.8. The molecule has 1 amide bonds. The van der Waals surface area contributed by atoms with Crippen LogP contribution in [0.1, 0.15) is 31.2 Å². The van der Waals surface area contributed by atoms with E-state index >= 15 is 0 Å². The van der Waals surface area contributed by atoms with Gasteiger partial charge in [0.25, 0.3) is 5.91 Å². The summed E-state index contributed by atoms with van der Waals surface area (Å²) in [5.74, 6) is -1.71. The lowest BCUT2D eigenvalue weighted by atomic mass is 10.1. The summed E-state index contributed by atoms with van der Waals surface area (Å²) in [5, 5.41) is 15.0. The van der Waals surface area contributed by atoms with Gasteiger partial charge in [0, 0.05) is 10.0 Å². The third kappa shape index (κ3) is 5.20. The topological polar surface area (TPSA) is 104 Å². The Bertz CT molecular complexity index is 1170. The van der Waals surface area contributed by atoms with Gasteiger partial charge in [-0.15, -0.1) is 0 Å². The molecule has 1 N–H and O–H groups in total. The number of nitrogens with one attached hydrogen (secondary N) is 1. The number of amides is 1. The maximum absolute atomic E-state index is 12.3. The van der Waals surface area contributed by atoms with Crippen LogP contribution in [-0.2, 0) is 6.54 Å². The van der Waals surface area contributed by atoms with Gasteiger partial charge in [-0.2, -0.15) is 5.10 Å². The number of carbonyl (C=O) groups is 2. The summed E-state index contributed by atoms with van der Waals surface area (Å²) < 4.78 is 2.05. The number of hydrogen-bond donors (Lipinski definition) is 1. The number of halogens is 2. The van der Waals surface area contributed by atoms with Crippen molar-refractivity contribution in [3.05, 3.63) is 89.4 Å². The fraction of sp³-hybridized carbons (Fsp3) is 0.0526. The number of rotatable bonds is 6. The molecule has 29 heavy (non-hydrogen) atoms. The van der Waals surface area contributed by atoms with Crippen molar-refractivity contribution in [1.82, 2.24) is 9.99 Å². The van der Waals surface area contributed by atoms with Crippen LogP contribution in [0.2, 0.25) is 5.15 Å². The average molecular weight is 494 g/mol. The molecular formula is C19H12BrClN3O4S-. The third-order valence-electron chi connectivity index (χ3n) is 3.80. The molecule has 0 saturated heterocycles. The van der Waals surface area contributed by atoms with Crippen LogP contribution < -0.4 is 15.4 Å². The van der Waals surface area contributed by atoms with Crippen molar-refractivity contribution in [2.45, 2.75) is 6.54 Å². The van der Waals surface area contributed by atoms with Crippen LogP contribution >= 0.6 is 38.9 Å². The monoisotopic (exact) mass is 492 g/mol. The predicted octanol–water partition coefficient (Wildman–Crippen LogP) is 2.50. The summed E-state index contributed by atoms with van der Waals surface area (Å²) in [6.45, 7) is 0.0908. The van der Waals surface area contributed by atoms with Crippen LogP contribution in [-0.4, -0.2) is 22.7 Å². The minimum Gasteiger partial charge on any atom is -0.545 e. The van der Waals surface area contributed by atoms with E-state index in [2.05, 4.69) is 26.5 Å². The van der Waals surface area contributed by atoms with Crippen molar-refractivity contribution < 1.29 is 14.7 Å². The molecule has 0 aliphatic carbocycles. The fourth-order valence-corrected chi connectivity index (χ4v) is 3.95. The summed E-state index contributed by atoms with van der Waals surface area (Å²) in [6, 6.07) is 12.9. The van der Waals surface area contributed by atoms with E-state index < -0.39 is 11.9 Å². The molecule has 1 aromatic heterocycles. The quantitative estimate of drug-likeness (QED) is 0.421. The lowest BCUT2D eigenvalue weighted by molar-refractivity contribution is -0.255. The zero-order valence-corrected chi connectivity index (χ0v) is 17.8. The molecule has 148 valence electrons. The molecule has 0 atom stereocenters. The number of hydrogen-bond acceptors (Lipinski definition) is 6. The van der Waals surface area contributed by atoms with Gasteiger partial charge in [0.05, 0.1) is 23.6 Å². The highest BCUT2D eigenvalue weighted by Crippen LogP contribution is 2.19. The second-order valence-electron chi connectivity index (χ2n) is 5.81. The van der Waals surface area contributed by atoms with E-state index in [0.29, 0.717) is 16.0 Å². The van der Waals surface area contributed by atoms with E-state index in [-0.39, 0.29) is 22.1 Å². The first-order valence-electron chi connectivity index (χ1n) is 8.13. The average Bonchev–Trinajstić information content (AvgIpc) is 2.95. The van der Waals surface area contributed by atoms with Gasteiger partial charge in [-0.1, -0.05) is 63.1 Å². The number of carbonyl (C=O) groups excluding carboxylic acids is 2. The molecule has 0 fully saturated rings. The minimum absolute atomic E-state index is 0.0129.